The molecule has 0 unspecified atom stereocenters. The summed E-state index contributed by atoms with van der Waals surface area (Å²) in [6.45, 7) is -0.392. The summed E-state index contributed by atoms with van der Waals surface area (Å²) in [6, 6.07) is 3.48. The van der Waals surface area contributed by atoms with E-state index >= 15 is 0 Å². The maximum absolute atomic E-state index is 12.5. The number of carbonyl (C=O) groups is 1. The molecule has 2 rings (SSSR count). The van der Waals surface area contributed by atoms with E-state index in [9.17, 15) is 21.6 Å². The minimum absolute atomic E-state index is 0.114. The van der Waals surface area contributed by atoms with Gasteiger partial charge >= 0.3 is 5.97 Å². The van der Waals surface area contributed by atoms with Crippen LogP contribution in [0.3, 0.4) is 0 Å². The Kier molecular flexibility index (Phi) is 3.95. The maximum atomic E-state index is 12.5. The molecule has 0 bridgehead atoms. The van der Waals surface area contributed by atoms with E-state index in [1.165, 1.54) is 6.07 Å². The van der Waals surface area contributed by atoms with Crippen LogP contribution in [0.2, 0.25) is 0 Å². The molecule has 8 nitrogen and oxygen atoms in total. The summed E-state index contributed by atoms with van der Waals surface area (Å²) >= 11 is 0. The highest BCUT2D eigenvalue weighted by atomic mass is 32.2. The molecule has 0 radical (unpaired) electrons. The lowest BCUT2D eigenvalue weighted by atomic mass is 10.2. The normalized spacial score (nSPS) is 19.2. The first-order valence-corrected chi connectivity index (χ1v) is 9.23. The molecule has 10 heteroatoms. The number of anilines is 1. The fraction of sp³-hybridized carbons (Fsp3) is 0.364. The van der Waals surface area contributed by atoms with Crippen LogP contribution in [-0.4, -0.2) is 56.8 Å². The number of sulfone groups is 1. The SMILES string of the molecule is Nc1ccc(C(=O)O)c(S(=O)(=O)N2CCS(=O)(=O)CC2)c1. The number of aromatic carboxylic acids is 1. The molecule has 0 aromatic heterocycles. The molecular weight excluding hydrogens is 320 g/mol. The molecule has 1 fully saturated rings. The Labute approximate surface area is 122 Å². The van der Waals surface area contributed by atoms with Gasteiger partial charge in [0.25, 0.3) is 0 Å². The number of carboxylic acid groups (broad SMARTS) is 1. The van der Waals surface area contributed by atoms with E-state index < -0.39 is 36.3 Å². The van der Waals surface area contributed by atoms with Gasteiger partial charge in [-0.15, -0.1) is 0 Å². The standard InChI is InChI=1S/C11H14N2O6S2/c12-8-1-2-9(11(14)15)10(7-8)21(18,19)13-3-5-20(16,17)6-4-13/h1-2,7H,3-6,12H2,(H,14,15). The quantitative estimate of drug-likeness (QED) is 0.704. The number of rotatable bonds is 3. The van der Waals surface area contributed by atoms with E-state index in [0.29, 0.717) is 0 Å². The van der Waals surface area contributed by atoms with Crippen LogP contribution in [-0.2, 0) is 19.9 Å². The Morgan fingerprint density at radius 1 is 1.24 bits per heavy atom. The van der Waals surface area contributed by atoms with Crippen LogP contribution in [0, 0.1) is 0 Å². The number of nitrogen functional groups attached to an aromatic ring is 1. The molecule has 1 aliphatic heterocycles. The topological polar surface area (TPSA) is 135 Å². The summed E-state index contributed by atoms with van der Waals surface area (Å²) in [5.74, 6) is -1.95. The van der Waals surface area contributed by atoms with Crippen molar-refractivity contribution in [2.24, 2.45) is 0 Å². The van der Waals surface area contributed by atoms with Crippen molar-refractivity contribution in [1.82, 2.24) is 4.31 Å². The van der Waals surface area contributed by atoms with Gasteiger partial charge in [-0.25, -0.2) is 21.6 Å². The molecule has 1 aliphatic rings. The van der Waals surface area contributed by atoms with Crippen LogP contribution >= 0.6 is 0 Å². The predicted molar refractivity (Wildman–Crippen MR) is 75.2 cm³/mol. The number of carboxylic acids is 1. The third kappa shape index (κ3) is 3.17. The van der Waals surface area contributed by atoms with Gasteiger partial charge in [0.15, 0.2) is 9.84 Å². The van der Waals surface area contributed by atoms with E-state index in [2.05, 4.69) is 0 Å². The minimum atomic E-state index is -4.10. The molecule has 1 heterocycles. The summed E-state index contributed by atoms with van der Waals surface area (Å²) in [6.07, 6.45) is 0. The third-order valence-corrected chi connectivity index (χ3v) is 6.71. The highest BCUT2D eigenvalue weighted by Gasteiger charge is 2.33. The van der Waals surface area contributed by atoms with Gasteiger partial charge in [0.1, 0.15) is 0 Å². The highest BCUT2D eigenvalue weighted by Crippen LogP contribution is 2.24. The van der Waals surface area contributed by atoms with Gasteiger partial charge in [-0.3, -0.25) is 0 Å². The Hall–Kier alpha value is -1.65. The smallest absolute Gasteiger partial charge is 0.337 e. The molecule has 1 aromatic rings. The van der Waals surface area contributed by atoms with Crippen molar-refractivity contribution in [1.29, 1.82) is 0 Å². The molecule has 0 aliphatic carbocycles. The number of sulfonamides is 1. The van der Waals surface area contributed by atoms with Crippen molar-refractivity contribution in [3.05, 3.63) is 23.8 Å². The Morgan fingerprint density at radius 3 is 2.33 bits per heavy atom. The fourth-order valence-electron chi connectivity index (χ4n) is 2.00. The number of hydrogen-bond acceptors (Lipinski definition) is 6. The number of hydrogen-bond donors (Lipinski definition) is 2. The minimum Gasteiger partial charge on any atom is -0.478 e. The monoisotopic (exact) mass is 334 g/mol. The molecule has 21 heavy (non-hydrogen) atoms. The molecule has 1 aromatic carbocycles. The van der Waals surface area contributed by atoms with E-state index in [4.69, 9.17) is 10.8 Å². The molecule has 0 amide bonds. The van der Waals surface area contributed by atoms with Gasteiger partial charge in [0.2, 0.25) is 10.0 Å². The summed E-state index contributed by atoms with van der Waals surface area (Å²) in [5.41, 5.74) is 5.25. The second-order valence-electron chi connectivity index (χ2n) is 4.62. The molecule has 0 spiro atoms. The summed E-state index contributed by atoms with van der Waals surface area (Å²) < 4.78 is 48.6. The molecule has 1 saturated heterocycles. The summed E-state index contributed by atoms with van der Waals surface area (Å²) in [7, 11) is -7.34. The van der Waals surface area contributed by atoms with E-state index in [-0.39, 0.29) is 30.3 Å². The molecule has 3 N–H and O–H groups in total. The third-order valence-electron chi connectivity index (χ3n) is 3.16. The Bertz CT molecular complexity index is 771. The largest absolute Gasteiger partial charge is 0.478 e. The van der Waals surface area contributed by atoms with Crippen molar-refractivity contribution >= 4 is 31.5 Å². The second-order valence-corrected chi connectivity index (χ2v) is 8.83. The average molecular weight is 334 g/mol. The van der Waals surface area contributed by atoms with Crippen molar-refractivity contribution in [2.75, 3.05) is 30.3 Å². The fourth-order valence-corrected chi connectivity index (χ4v) is 5.10. The summed E-state index contributed by atoms with van der Waals surface area (Å²) in [4.78, 5) is 10.7. The van der Waals surface area contributed by atoms with Gasteiger partial charge in [-0.05, 0) is 18.2 Å². The van der Waals surface area contributed by atoms with Crippen LogP contribution in [0.15, 0.2) is 23.1 Å². The Morgan fingerprint density at radius 2 is 1.81 bits per heavy atom. The first-order valence-electron chi connectivity index (χ1n) is 5.97. The highest BCUT2D eigenvalue weighted by molar-refractivity contribution is 7.92. The lowest BCUT2D eigenvalue weighted by Gasteiger charge is -2.26. The average Bonchev–Trinajstić information content (AvgIpc) is 2.37. The van der Waals surface area contributed by atoms with Gasteiger partial charge in [0.05, 0.1) is 22.0 Å². The summed E-state index contributed by atoms with van der Waals surface area (Å²) in [5, 5.41) is 9.08. The number of nitrogens with zero attached hydrogens (tertiary/aromatic N) is 1. The van der Waals surface area contributed by atoms with Crippen molar-refractivity contribution in [3.8, 4) is 0 Å². The maximum Gasteiger partial charge on any atom is 0.337 e. The molecule has 0 atom stereocenters. The number of benzene rings is 1. The molecular formula is C11H14N2O6S2. The lowest BCUT2D eigenvalue weighted by Crippen LogP contribution is -2.44. The van der Waals surface area contributed by atoms with Gasteiger partial charge in [0, 0.05) is 18.8 Å². The zero-order valence-corrected chi connectivity index (χ0v) is 12.5. The first kappa shape index (κ1) is 15.7. The zero-order chi connectivity index (χ0) is 15.8. The van der Waals surface area contributed by atoms with Crippen molar-refractivity contribution in [2.45, 2.75) is 4.90 Å². The van der Waals surface area contributed by atoms with E-state index in [0.717, 1.165) is 16.4 Å². The molecule has 116 valence electrons. The van der Waals surface area contributed by atoms with Crippen molar-refractivity contribution < 1.29 is 26.7 Å². The van der Waals surface area contributed by atoms with Crippen LogP contribution in [0.5, 0.6) is 0 Å². The van der Waals surface area contributed by atoms with Crippen LogP contribution in [0.1, 0.15) is 10.4 Å². The van der Waals surface area contributed by atoms with Gasteiger partial charge < -0.3 is 10.8 Å². The van der Waals surface area contributed by atoms with Crippen molar-refractivity contribution in [3.63, 3.8) is 0 Å². The lowest BCUT2D eigenvalue weighted by molar-refractivity contribution is 0.0692. The first-order chi connectivity index (χ1) is 9.63. The van der Waals surface area contributed by atoms with E-state index in [1.54, 1.807) is 0 Å². The van der Waals surface area contributed by atoms with Gasteiger partial charge in [-0.1, -0.05) is 0 Å². The van der Waals surface area contributed by atoms with Crippen LogP contribution in [0.4, 0.5) is 5.69 Å². The number of nitrogens with two attached hydrogens (primary N) is 1. The predicted octanol–water partition coefficient (Wildman–Crippen LogP) is -0.614. The second kappa shape index (κ2) is 5.28. The van der Waals surface area contributed by atoms with Crippen LogP contribution in [0.25, 0.3) is 0 Å². The van der Waals surface area contributed by atoms with E-state index in [1.807, 2.05) is 0 Å². The van der Waals surface area contributed by atoms with Crippen LogP contribution < -0.4 is 5.73 Å². The van der Waals surface area contributed by atoms with Gasteiger partial charge in [-0.2, -0.15) is 4.31 Å². The zero-order valence-electron chi connectivity index (χ0n) is 10.9. The Balaban J connectivity index is 2.45. The molecule has 0 saturated carbocycles.